The first-order valence-corrected chi connectivity index (χ1v) is 13.8. The number of aromatic nitrogens is 3. The number of amides is 2. The van der Waals surface area contributed by atoms with E-state index in [9.17, 15) is 31.5 Å². The van der Waals surface area contributed by atoms with E-state index < -0.39 is 48.3 Å². The van der Waals surface area contributed by atoms with Crippen LogP contribution in [0.15, 0.2) is 67.4 Å². The molecule has 1 aliphatic carbocycles. The van der Waals surface area contributed by atoms with Gasteiger partial charge in [0.05, 0.1) is 17.3 Å². The second-order valence-electron chi connectivity index (χ2n) is 10.6. The van der Waals surface area contributed by atoms with Crippen molar-refractivity contribution in [3.8, 4) is 11.1 Å². The number of halogens is 5. The molecule has 228 valence electrons. The number of hydrogen-bond acceptors (Lipinski definition) is 4. The SMILES string of the molecule is C=CC[C@@H]1CCc2c1c(C(F)F)nn2CC(=O)NC(Cc1cc(F)cc(F)c1)c1ncccc1-c1ccc(F)c(C(N)=O)c1. The molecule has 7 nitrogen and oxygen atoms in total. The van der Waals surface area contributed by atoms with Crippen LogP contribution in [0.3, 0.4) is 0 Å². The lowest BCUT2D eigenvalue weighted by Gasteiger charge is -2.22. The molecule has 1 unspecified atom stereocenters. The summed E-state index contributed by atoms with van der Waals surface area (Å²) < 4.78 is 71.6. The first kappa shape index (κ1) is 30.6. The number of hydrogen-bond donors (Lipinski definition) is 2. The zero-order valence-corrected chi connectivity index (χ0v) is 23.4. The van der Waals surface area contributed by atoms with Crippen LogP contribution in [-0.4, -0.2) is 26.6 Å². The molecule has 0 bridgehead atoms. The van der Waals surface area contributed by atoms with Crippen LogP contribution in [0, 0.1) is 17.5 Å². The van der Waals surface area contributed by atoms with Crippen molar-refractivity contribution in [2.45, 2.75) is 50.6 Å². The Morgan fingerprint density at radius 2 is 1.84 bits per heavy atom. The molecule has 0 saturated heterocycles. The molecular formula is C32H28F5N5O2. The maximum atomic E-state index is 14.2. The monoisotopic (exact) mass is 609 g/mol. The summed E-state index contributed by atoms with van der Waals surface area (Å²) >= 11 is 0. The standard InChI is InChI=1S/C32H28F5N5O2/c1-2-4-18-7-9-26-28(18)30(31(36)37)41-42(26)16-27(43)40-25(13-17-11-20(33)15-21(34)12-17)29-22(5-3-10-39-29)19-6-8-24(35)23(14-19)32(38)44/h2-3,5-6,8,10-12,14-15,18,25,31H,1,4,7,9,13,16H2,(H2,38,44)(H,40,43)/t18-,25?/m1/s1. The third kappa shape index (κ3) is 6.38. The molecular weight excluding hydrogens is 581 g/mol. The third-order valence-electron chi connectivity index (χ3n) is 7.62. The molecule has 0 radical (unpaired) electrons. The molecule has 44 heavy (non-hydrogen) atoms. The Morgan fingerprint density at radius 3 is 2.52 bits per heavy atom. The van der Waals surface area contributed by atoms with Gasteiger partial charge in [-0.3, -0.25) is 19.3 Å². The van der Waals surface area contributed by atoms with Gasteiger partial charge in [-0.25, -0.2) is 22.0 Å². The van der Waals surface area contributed by atoms with Gasteiger partial charge in [0.15, 0.2) is 0 Å². The second kappa shape index (κ2) is 12.8. The van der Waals surface area contributed by atoms with Crippen molar-refractivity contribution < 1.29 is 31.5 Å². The molecule has 0 fully saturated rings. The number of nitrogens with one attached hydrogen (secondary N) is 1. The fourth-order valence-electron chi connectivity index (χ4n) is 5.80. The predicted octanol–water partition coefficient (Wildman–Crippen LogP) is 6.11. The van der Waals surface area contributed by atoms with Gasteiger partial charge in [0.2, 0.25) is 5.91 Å². The summed E-state index contributed by atoms with van der Waals surface area (Å²) in [5.41, 5.74) is 6.79. The minimum atomic E-state index is -2.83. The van der Waals surface area contributed by atoms with Gasteiger partial charge in [0.25, 0.3) is 12.3 Å². The Bertz CT molecular complexity index is 1720. The van der Waals surface area contributed by atoms with E-state index in [0.29, 0.717) is 47.7 Å². The van der Waals surface area contributed by atoms with Crippen molar-refractivity contribution in [1.82, 2.24) is 20.1 Å². The van der Waals surface area contributed by atoms with E-state index in [1.807, 2.05) is 0 Å². The second-order valence-corrected chi connectivity index (χ2v) is 10.6. The molecule has 2 aromatic carbocycles. The minimum Gasteiger partial charge on any atom is -0.366 e. The lowest BCUT2D eigenvalue weighted by atomic mass is 9.94. The predicted molar refractivity (Wildman–Crippen MR) is 152 cm³/mol. The third-order valence-corrected chi connectivity index (χ3v) is 7.62. The summed E-state index contributed by atoms with van der Waals surface area (Å²) in [6.45, 7) is 3.31. The van der Waals surface area contributed by atoms with Crippen LogP contribution in [0.5, 0.6) is 0 Å². The van der Waals surface area contributed by atoms with E-state index in [2.05, 4.69) is 22.0 Å². The number of alkyl halides is 2. The zero-order valence-electron chi connectivity index (χ0n) is 23.4. The number of allylic oxidation sites excluding steroid dienone is 1. The van der Waals surface area contributed by atoms with Crippen molar-refractivity contribution in [3.05, 3.63) is 119 Å². The number of primary amides is 1. The first-order chi connectivity index (χ1) is 21.0. The van der Waals surface area contributed by atoms with Crippen LogP contribution >= 0.6 is 0 Å². The first-order valence-electron chi connectivity index (χ1n) is 13.8. The number of benzene rings is 2. The quantitative estimate of drug-likeness (QED) is 0.158. The maximum absolute atomic E-state index is 14.2. The normalized spacial score (nSPS) is 14.8. The van der Waals surface area contributed by atoms with Crippen LogP contribution in [0.1, 0.15) is 69.8 Å². The van der Waals surface area contributed by atoms with E-state index in [1.165, 1.54) is 23.0 Å². The summed E-state index contributed by atoms with van der Waals surface area (Å²) in [6.07, 6.45) is 1.75. The number of pyridine rings is 1. The summed E-state index contributed by atoms with van der Waals surface area (Å²) in [7, 11) is 0. The summed E-state index contributed by atoms with van der Waals surface area (Å²) in [6, 6.07) is 8.89. The van der Waals surface area contributed by atoms with Gasteiger partial charge in [-0.05, 0) is 73.1 Å². The number of nitrogens with zero attached hydrogens (tertiary/aromatic N) is 3. The van der Waals surface area contributed by atoms with Gasteiger partial charge in [0, 0.05) is 29.1 Å². The molecule has 5 rings (SSSR count). The van der Waals surface area contributed by atoms with Gasteiger partial charge in [-0.2, -0.15) is 5.10 Å². The maximum Gasteiger partial charge on any atom is 0.282 e. The van der Waals surface area contributed by atoms with Crippen molar-refractivity contribution in [2.75, 3.05) is 0 Å². The fourth-order valence-corrected chi connectivity index (χ4v) is 5.80. The van der Waals surface area contributed by atoms with Crippen LogP contribution in [0.2, 0.25) is 0 Å². The lowest BCUT2D eigenvalue weighted by Crippen LogP contribution is -2.34. The molecule has 1 aliphatic rings. The Hall–Kier alpha value is -4.87. The van der Waals surface area contributed by atoms with Crippen LogP contribution in [-0.2, 0) is 24.2 Å². The molecule has 3 N–H and O–H groups in total. The number of nitrogens with two attached hydrogens (primary N) is 1. The fraction of sp³-hybridized carbons (Fsp3) is 0.250. The molecule has 2 aromatic heterocycles. The molecule has 2 heterocycles. The highest BCUT2D eigenvalue weighted by atomic mass is 19.3. The van der Waals surface area contributed by atoms with Gasteiger partial charge in [-0.1, -0.05) is 18.2 Å². The van der Waals surface area contributed by atoms with E-state index in [-0.39, 0.29) is 34.9 Å². The van der Waals surface area contributed by atoms with Gasteiger partial charge >= 0.3 is 0 Å². The molecule has 4 aromatic rings. The van der Waals surface area contributed by atoms with E-state index >= 15 is 0 Å². The van der Waals surface area contributed by atoms with Gasteiger partial charge < -0.3 is 11.1 Å². The summed E-state index contributed by atoms with van der Waals surface area (Å²) in [4.78, 5) is 29.7. The molecule has 2 atom stereocenters. The van der Waals surface area contributed by atoms with Crippen molar-refractivity contribution >= 4 is 11.8 Å². The number of fused-ring (bicyclic) bond motifs is 1. The van der Waals surface area contributed by atoms with Gasteiger partial charge in [-0.15, -0.1) is 6.58 Å². The summed E-state index contributed by atoms with van der Waals surface area (Å²) in [5, 5.41) is 6.89. The van der Waals surface area contributed by atoms with Crippen molar-refractivity contribution in [3.63, 3.8) is 0 Å². The number of carbonyl (C=O) groups excluding carboxylic acids is 2. The van der Waals surface area contributed by atoms with Gasteiger partial charge in [0.1, 0.15) is 29.7 Å². The van der Waals surface area contributed by atoms with Crippen molar-refractivity contribution in [1.29, 1.82) is 0 Å². The zero-order chi connectivity index (χ0) is 31.5. The Balaban J connectivity index is 1.51. The molecule has 0 saturated carbocycles. The van der Waals surface area contributed by atoms with Crippen LogP contribution < -0.4 is 11.1 Å². The smallest absolute Gasteiger partial charge is 0.282 e. The highest BCUT2D eigenvalue weighted by molar-refractivity contribution is 5.94. The number of carbonyl (C=O) groups is 2. The Labute approximate surface area is 249 Å². The van der Waals surface area contributed by atoms with Crippen LogP contribution in [0.25, 0.3) is 11.1 Å². The Morgan fingerprint density at radius 1 is 1.09 bits per heavy atom. The van der Waals surface area contributed by atoms with Crippen LogP contribution in [0.4, 0.5) is 22.0 Å². The minimum absolute atomic E-state index is 0.116. The summed E-state index contributed by atoms with van der Waals surface area (Å²) in [5.74, 6) is -4.24. The van der Waals surface area contributed by atoms with Crippen molar-refractivity contribution in [2.24, 2.45) is 5.73 Å². The largest absolute Gasteiger partial charge is 0.366 e. The highest BCUT2D eigenvalue weighted by Crippen LogP contribution is 2.41. The average Bonchev–Trinajstić information content (AvgIpc) is 3.54. The average molecular weight is 610 g/mol. The molecule has 2 amide bonds. The Kier molecular flexibility index (Phi) is 8.88. The highest BCUT2D eigenvalue weighted by Gasteiger charge is 2.34. The molecule has 0 aliphatic heterocycles. The number of rotatable bonds is 11. The van der Waals surface area contributed by atoms with E-state index in [0.717, 1.165) is 18.2 Å². The van der Waals surface area contributed by atoms with E-state index in [4.69, 9.17) is 5.73 Å². The lowest BCUT2D eigenvalue weighted by molar-refractivity contribution is -0.122. The van der Waals surface area contributed by atoms with E-state index in [1.54, 1.807) is 18.2 Å². The molecule has 0 spiro atoms. The molecule has 12 heteroatoms. The topological polar surface area (TPSA) is 103 Å².